The largest absolute Gasteiger partial charge is 0.347 e. The Bertz CT molecular complexity index is 749. The molecule has 25 heavy (non-hydrogen) atoms. The summed E-state index contributed by atoms with van der Waals surface area (Å²) < 4.78 is 0. The second-order valence-electron chi connectivity index (χ2n) is 6.92. The number of benzene rings is 2. The lowest BCUT2D eigenvalue weighted by Gasteiger charge is -2.21. The summed E-state index contributed by atoms with van der Waals surface area (Å²) in [4.78, 5) is 24.6. The van der Waals surface area contributed by atoms with Crippen LogP contribution in [0.25, 0.3) is 0 Å². The zero-order valence-corrected chi connectivity index (χ0v) is 15.5. The van der Waals surface area contributed by atoms with Gasteiger partial charge in [-0.3, -0.25) is 9.59 Å². The number of carbonyl (C=O) groups is 2. The Morgan fingerprint density at radius 1 is 1.00 bits per heavy atom. The Morgan fingerprint density at radius 2 is 1.64 bits per heavy atom. The van der Waals surface area contributed by atoms with Crippen molar-refractivity contribution in [3.63, 3.8) is 0 Å². The molecule has 5 heteroatoms. The van der Waals surface area contributed by atoms with E-state index in [1.54, 1.807) is 36.4 Å². The predicted octanol–water partition coefficient (Wildman–Crippen LogP) is 4.44. The van der Waals surface area contributed by atoms with E-state index in [0.29, 0.717) is 29.1 Å². The highest BCUT2D eigenvalue weighted by Gasteiger charge is 2.18. The van der Waals surface area contributed by atoms with Crippen LogP contribution in [0.2, 0.25) is 5.02 Å². The maximum Gasteiger partial charge on any atom is 0.253 e. The quantitative estimate of drug-likeness (QED) is 0.830. The highest BCUT2D eigenvalue weighted by molar-refractivity contribution is 6.30. The second-order valence-corrected chi connectivity index (χ2v) is 7.36. The van der Waals surface area contributed by atoms with Crippen molar-refractivity contribution < 1.29 is 9.59 Å². The number of rotatable bonds is 5. The lowest BCUT2D eigenvalue weighted by Crippen LogP contribution is -2.40. The monoisotopic (exact) mass is 358 g/mol. The van der Waals surface area contributed by atoms with E-state index in [9.17, 15) is 9.59 Å². The van der Waals surface area contributed by atoms with E-state index >= 15 is 0 Å². The average Bonchev–Trinajstić information content (AvgIpc) is 2.53. The number of hydrogen-bond acceptors (Lipinski definition) is 2. The molecule has 4 nitrogen and oxygen atoms in total. The van der Waals surface area contributed by atoms with Crippen LogP contribution in [-0.2, 0) is 11.2 Å². The molecule has 0 heterocycles. The summed E-state index contributed by atoms with van der Waals surface area (Å²) >= 11 is 5.86. The predicted molar refractivity (Wildman–Crippen MR) is 102 cm³/mol. The van der Waals surface area contributed by atoms with Crippen LogP contribution in [0.3, 0.4) is 0 Å². The van der Waals surface area contributed by atoms with Crippen molar-refractivity contribution in [3.8, 4) is 0 Å². The minimum atomic E-state index is -0.344. The fraction of sp³-hybridized carbons (Fsp3) is 0.300. The van der Waals surface area contributed by atoms with Gasteiger partial charge in [-0.05, 0) is 57.0 Å². The van der Waals surface area contributed by atoms with Crippen LogP contribution in [-0.4, -0.2) is 17.4 Å². The minimum absolute atomic E-state index is 0.133. The van der Waals surface area contributed by atoms with Crippen molar-refractivity contribution in [2.45, 2.75) is 39.2 Å². The Labute approximate surface area is 153 Å². The Morgan fingerprint density at radius 3 is 2.28 bits per heavy atom. The van der Waals surface area contributed by atoms with Crippen LogP contribution in [0.5, 0.6) is 0 Å². The van der Waals surface area contributed by atoms with Crippen LogP contribution in [0.15, 0.2) is 48.5 Å². The van der Waals surface area contributed by atoms with E-state index in [4.69, 9.17) is 11.6 Å². The SMILES string of the molecule is CC(C)(C)NC(=O)c1ccccc1NC(=O)CCc1ccc(Cl)cc1. The summed E-state index contributed by atoms with van der Waals surface area (Å²) in [5, 5.41) is 6.42. The van der Waals surface area contributed by atoms with E-state index in [2.05, 4.69) is 10.6 Å². The minimum Gasteiger partial charge on any atom is -0.347 e. The summed E-state index contributed by atoms with van der Waals surface area (Å²) in [7, 11) is 0. The molecule has 0 saturated carbocycles. The molecule has 2 aromatic carbocycles. The molecule has 0 aliphatic carbocycles. The highest BCUT2D eigenvalue weighted by atomic mass is 35.5. The smallest absolute Gasteiger partial charge is 0.253 e. The molecule has 2 rings (SSSR count). The van der Waals surface area contributed by atoms with Gasteiger partial charge in [0.2, 0.25) is 5.91 Å². The molecule has 2 aromatic rings. The van der Waals surface area contributed by atoms with Crippen molar-refractivity contribution in [2.24, 2.45) is 0 Å². The maximum atomic E-state index is 12.4. The van der Waals surface area contributed by atoms with Gasteiger partial charge in [0.1, 0.15) is 0 Å². The zero-order valence-electron chi connectivity index (χ0n) is 14.7. The third-order valence-electron chi connectivity index (χ3n) is 3.49. The third kappa shape index (κ3) is 6.24. The van der Waals surface area contributed by atoms with E-state index in [-0.39, 0.29) is 17.4 Å². The highest BCUT2D eigenvalue weighted by Crippen LogP contribution is 2.17. The summed E-state index contributed by atoms with van der Waals surface area (Å²) in [6, 6.07) is 14.4. The van der Waals surface area contributed by atoms with Crippen molar-refractivity contribution >= 4 is 29.1 Å². The fourth-order valence-electron chi connectivity index (χ4n) is 2.32. The van der Waals surface area contributed by atoms with Crippen LogP contribution in [0, 0.1) is 0 Å². The van der Waals surface area contributed by atoms with Gasteiger partial charge in [0.15, 0.2) is 0 Å². The first kappa shape index (κ1) is 19.0. The number of halogens is 1. The molecule has 0 aliphatic rings. The fourth-order valence-corrected chi connectivity index (χ4v) is 2.45. The molecule has 0 atom stereocenters. The molecule has 0 fully saturated rings. The molecule has 0 aliphatic heterocycles. The molecular formula is C20H23ClN2O2. The van der Waals surface area contributed by atoms with Crippen LogP contribution >= 0.6 is 11.6 Å². The Balaban J connectivity index is 2.00. The maximum absolute atomic E-state index is 12.4. The Kier molecular flexibility index (Phi) is 6.21. The van der Waals surface area contributed by atoms with Crippen molar-refractivity contribution in [1.29, 1.82) is 0 Å². The van der Waals surface area contributed by atoms with Gasteiger partial charge in [-0.15, -0.1) is 0 Å². The van der Waals surface area contributed by atoms with Gasteiger partial charge >= 0.3 is 0 Å². The van der Waals surface area contributed by atoms with Gasteiger partial charge in [0, 0.05) is 17.0 Å². The van der Waals surface area contributed by atoms with Crippen molar-refractivity contribution in [1.82, 2.24) is 5.32 Å². The molecule has 2 N–H and O–H groups in total. The second kappa shape index (κ2) is 8.17. The number of hydrogen-bond donors (Lipinski definition) is 2. The molecule has 2 amide bonds. The first-order valence-electron chi connectivity index (χ1n) is 8.20. The molecule has 0 aromatic heterocycles. The Hall–Kier alpha value is -2.33. The van der Waals surface area contributed by atoms with E-state index < -0.39 is 0 Å². The molecule has 0 radical (unpaired) electrons. The van der Waals surface area contributed by atoms with Crippen LogP contribution in [0.4, 0.5) is 5.69 Å². The number of nitrogens with one attached hydrogen (secondary N) is 2. The van der Waals surface area contributed by atoms with E-state index in [1.165, 1.54) is 0 Å². The number of anilines is 1. The van der Waals surface area contributed by atoms with Gasteiger partial charge in [-0.25, -0.2) is 0 Å². The van der Waals surface area contributed by atoms with Gasteiger partial charge in [-0.1, -0.05) is 35.9 Å². The standard InChI is InChI=1S/C20H23ClN2O2/c1-20(2,3)23-19(25)16-6-4-5-7-17(16)22-18(24)13-10-14-8-11-15(21)12-9-14/h4-9,11-12H,10,13H2,1-3H3,(H,22,24)(H,23,25). The molecule has 0 bridgehead atoms. The number of aryl methyl sites for hydroxylation is 1. The molecule has 0 saturated heterocycles. The number of carbonyl (C=O) groups excluding carboxylic acids is 2. The summed E-state index contributed by atoms with van der Waals surface area (Å²) in [6.07, 6.45) is 0.941. The van der Waals surface area contributed by atoms with Crippen molar-refractivity contribution in [3.05, 3.63) is 64.7 Å². The first-order valence-corrected chi connectivity index (χ1v) is 8.58. The zero-order chi connectivity index (χ0) is 18.4. The molecule has 0 unspecified atom stereocenters. The van der Waals surface area contributed by atoms with Gasteiger partial charge in [-0.2, -0.15) is 0 Å². The number of para-hydroxylation sites is 1. The number of amides is 2. The lowest BCUT2D eigenvalue weighted by molar-refractivity contribution is -0.116. The van der Waals surface area contributed by atoms with Crippen LogP contribution < -0.4 is 10.6 Å². The average molecular weight is 359 g/mol. The third-order valence-corrected chi connectivity index (χ3v) is 3.74. The van der Waals surface area contributed by atoms with Gasteiger partial charge < -0.3 is 10.6 Å². The van der Waals surface area contributed by atoms with E-state index in [0.717, 1.165) is 5.56 Å². The van der Waals surface area contributed by atoms with Crippen LogP contribution in [0.1, 0.15) is 43.1 Å². The summed E-state index contributed by atoms with van der Waals surface area (Å²) in [5.41, 5.74) is 1.67. The lowest BCUT2D eigenvalue weighted by atomic mass is 10.1. The summed E-state index contributed by atoms with van der Waals surface area (Å²) in [5.74, 6) is -0.341. The summed E-state index contributed by atoms with van der Waals surface area (Å²) in [6.45, 7) is 5.74. The first-order chi connectivity index (χ1) is 11.7. The topological polar surface area (TPSA) is 58.2 Å². The molecular weight excluding hydrogens is 336 g/mol. The van der Waals surface area contributed by atoms with E-state index in [1.807, 2.05) is 32.9 Å². The van der Waals surface area contributed by atoms with Gasteiger partial charge in [0.05, 0.1) is 11.3 Å². The molecule has 132 valence electrons. The normalized spacial score (nSPS) is 11.0. The van der Waals surface area contributed by atoms with Gasteiger partial charge in [0.25, 0.3) is 5.91 Å². The van der Waals surface area contributed by atoms with Crippen molar-refractivity contribution in [2.75, 3.05) is 5.32 Å². The molecule has 0 spiro atoms.